The molecule has 1 aromatic heterocycles. The molecule has 2 N–H and O–H groups in total. The van der Waals surface area contributed by atoms with Gasteiger partial charge in [-0.1, -0.05) is 48.9 Å². The van der Waals surface area contributed by atoms with Crippen molar-refractivity contribution in [1.29, 1.82) is 0 Å². The number of amides is 2. The van der Waals surface area contributed by atoms with Crippen LogP contribution >= 0.6 is 11.6 Å². The van der Waals surface area contributed by atoms with Crippen LogP contribution in [0.5, 0.6) is 0 Å². The minimum absolute atomic E-state index is 0.219. The van der Waals surface area contributed by atoms with E-state index in [0.717, 1.165) is 62.7 Å². The first-order valence-corrected chi connectivity index (χ1v) is 14.6. The maximum absolute atomic E-state index is 14.0. The average molecular weight is 555 g/mol. The number of hydrogen-bond donors (Lipinski definition) is 1. The number of carbonyl (C=O) groups excluding carboxylic acids is 2. The highest BCUT2D eigenvalue weighted by molar-refractivity contribution is 6.30. The summed E-state index contributed by atoms with van der Waals surface area (Å²) in [6.45, 7) is 11.9. The van der Waals surface area contributed by atoms with Gasteiger partial charge in [-0.15, -0.1) is 0 Å². The van der Waals surface area contributed by atoms with Gasteiger partial charge in [-0.25, -0.2) is 4.98 Å². The van der Waals surface area contributed by atoms with Gasteiger partial charge in [0.15, 0.2) is 0 Å². The van der Waals surface area contributed by atoms with Gasteiger partial charge in [0.2, 0.25) is 5.91 Å². The Hall–Kier alpha value is -2.48. The molecule has 1 aromatic carbocycles. The molecule has 39 heavy (non-hydrogen) atoms. The number of primary amides is 1. The third-order valence-electron chi connectivity index (χ3n) is 8.90. The van der Waals surface area contributed by atoms with Crippen LogP contribution in [0.2, 0.25) is 5.15 Å². The van der Waals surface area contributed by atoms with Crippen LogP contribution in [0.4, 0.5) is 0 Å². The van der Waals surface area contributed by atoms with Crippen molar-refractivity contribution in [1.82, 2.24) is 14.8 Å². The van der Waals surface area contributed by atoms with Gasteiger partial charge < -0.3 is 20.3 Å². The van der Waals surface area contributed by atoms with Gasteiger partial charge in [-0.05, 0) is 76.0 Å². The van der Waals surface area contributed by atoms with Gasteiger partial charge in [0, 0.05) is 44.9 Å². The number of nitrogens with two attached hydrogens (primary N) is 1. The Bertz CT molecular complexity index is 1160. The van der Waals surface area contributed by atoms with Crippen LogP contribution in [0.25, 0.3) is 0 Å². The molecule has 212 valence electrons. The number of pyridine rings is 1. The van der Waals surface area contributed by atoms with Crippen molar-refractivity contribution in [2.75, 3.05) is 26.3 Å². The normalized spacial score (nSPS) is 19.0. The standard InChI is InChI=1S/C31H43ClN4O3/c1-21(10-11-26-22(2)27(29(33)37)23(3)34-28(26)32)35-16-12-25(13-17-35)36(20-24-8-6-5-7-9-24)30(38)31(4)14-18-39-19-15-31/h5-9,21,25H,10-20H2,1-4H3,(H2,33,37)/t21-/m1/s1. The van der Waals surface area contributed by atoms with Crippen molar-refractivity contribution in [3.63, 3.8) is 0 Å². The fourth-order valence-electron chi connectivity index (χ4n) is 6.20. The van der Waals surface area contributed by atoms with Crippen molar-refractivity contribution in [3.8, 4) is 0 Å². The van der Waals surface area contributed by atoms with E-state index < -0.39 is 5.91 Å². The van der Waals surface area contributed by atoms with Crippen molar-refractivity contribution in [2.45, 2.75) is 84.8 Å². The predicted molar refractivity (Wildman–Crippen MR) is 155 cm³/mol. The van der Waals surface area contributed by atoms with Gasteiger partial charge in [0.1, 0.15) is 5.15 Å². The Morgan fingerprint density at radius 1 is 1.18 bits per heavy atom. The summed E-state index contributed by atoms with van der Waals surface area (Å²) in [6.07, 6.45) is 5.10. The lowest BCUT2D eigenvalue weighted by Crippen LogP contribution is -2.53. The van der Waals surface area contributed by atoms with Gasteiger partial charge in [0.25, 0.3) is 5.91 Å². The molecule has 2 aromatic rings. The predicted octanol–water partition coefficient (Wildman–Crippen LogP) is 5.08. The van der Waals surface area contributed by atoms with Crippen molar-refractivity contribution in [2.24, 2.45) is 11.1 Å². The van der Waals surface area contributed by atoms with Crippen LogP contribution < -0.4 is 5.73 Å². The summed E-state index contributed by atoms with van der Waals surface area (Å²) in [5.41, 5.74) is 9.21. The second-order valence-corrected chi connectivity index (χ2v) is 11.9. The zero-order valence-corrected chi connectivity index (χ0v) is 24.6. The van der Waals surface area contributed by atoms with Crippen LogP contribution in [0.15, 0.2) is 30.3 Å². The van der Waals surface area contributed by atoms with Crippen LogP contribution in [-0.2, 0) is 22.5 Å². The Labute approximate surface area is 238 Å². The molecule has 0 spiro atoms. The minimum Gasteiger partial charge on any atom is -0.381 e. The van der Waals surface area contributed by atoms with E-state index in [1.54, 1.807) is 6.92 Å². The highest BCUT2D eigenvalue weighted by atomic mass is 35.5. The molecule has 2 amide bonds. The highest BCUT2D eigenvalue weighted by Gasteiger charge is 2.41. The van der Waals surface area contributed by atoms with Crippen LogP contribution in [-0.4, -0.2) is 65.0 Å². The van der Waals surface area contributed by atoms with Gasteiger partial charge in [0.05, 0.1) is 16.7 Å². The molecule has 0 bridgehead atoms. The number of likely N-dealkylation sites (tertiary alicyclic amines) is 1. The number of rotatable bonds is 9. The molecule has 1 atom stereocenters. The first-order valence-electron chi connectivity index (χ1n) is 14.2. The van der Waals surface area contributed by atoms with E-state index in [4.69, 9.17) is 22.1 Å². The van der Waals surface area contributed by atoms with E-state index in [1.807, 2.05) is 25.1 Å². The molecular formula is C31H43ClN4O3. The molecule has 3 heterocycles. The first kappa shape index (κ1) is 29.5. The number of halogens is 1. The molecular weight excluding hydrogens is 512 g/mol. The highest BCUT2D eigenvalue weighted by Crippen LogP contribution is 2.35. The quantitative estimate of drug-likeness (QED) is 0.437. The molecule has 8 heteroatoms. The fraction of sp³-hybridized carbons (Fsp3) is 0.581. The lowest BCUT2D eigenvalue weighted by atomic mass is 9.80. The van der Waals surface area contributed by atoms with Crippen LogP contribution in [0.1, 0.15) is 78.7 Å². The number of aromatic nitrogens is 1. The van der Waals surface area contributed by atoms with Crippen molar-refractivity contribution in [3.05, 3.63) is 63.4 Å². The Balaban J connectivity index is 1.41. The Morgan fingerprint density at radius 2 is 1.82 bits per heavy atom. The van der Waals surface area contributed by atoms with E-state index in [-0.39, 0.29) is 17.4 Å². The second kappa shape index (κ2) is 12.8. The maximum atomic E-state index is 14.0. The van der Waals surface area contributed by atoms with E-state index in [1.165, 1.54) is 5.56 Å². The molecule has 0 aliphatic carbocycles. The van der Waals surface area contributed by atoms with Crippen LogP contribution in [0.3, 0.4) is 0 Å². The minimum atomic E-state index is -0.463. The number of benzene rings is 1. The SMILES string of the molecule is Cc1nc(Cl)c(CC[C@@H](C)N2CCC(N(Cc3ccccc3)C(=O)C3(C)CCOCC3)CC2)c(C)c1C(N)=O. The number of piperidine rings is 1. The molecule has 4 rings (SSSR count). The van der Waals surface area contributed by atoms with Gasteiger partial charge in [-0.3, -0.25) is 9.59 Å². The molecule has 0 unspecified atom stereocenters. The van der Waals surface area contributed by atoms with E-state index in [0.29, 0.717) is 42.2 Å². The monoisotopic (exact) mass is 554 g/mol. The molecule has 2 aliphatic rings. The van der Waals surface area contributed by atoms with Gasteiger partial charge >= 0.3 is 0 Å². The zero-order valence-electron chi connectivity index (χ0n) is 23.8. The summed E-state index contributed by atoms with van der Waals surface area (Å²) < 4.78 is 5.58. The molecule has 2 saturated heterocycles. The Morgan fingerprint density at radius 3 is 2.44 bits per heavy atom. The first-order chi connectivity index (χ1) is 18.6. The lowest BCUT2D eigenvalue weighted by Gasteiger charge is -2.44. The maximum Gasteiger partial charge on any atom is 0.250 e. The smallest absolute Gasteiger partial charge is 0.250 e. The Kier molecular flexibility index (Phi) is 9.68. The van der Waals surface area contributed by atoms with E-state index in [2.05, 4.69) is 40.8 Å². The van der Waals surface area contributed by atoms with Crippen molar-refractivity contribution < 1.29 is 14.3 Å². The van der Waals surface area contributed by atoms with E-state index in [9.17, 15) is 9.59 Å². The molecule has 2 fully saturated rings. The van der Waals surface area contributed by atoms with E-state index >= 15 is 0 Å². The van der Waals surface area contributed by atoms with Gasteiger partial charge in [-0.2, -0.15) is 0 Å². The second-order valence-electron chi connectivity index (χ2n) is 11.6. The zero-order chi connectivity index (χ0) is 28.2. The summed E-state index contributed by atoms with van der Waals surface area (Å²) >= 11 is 6.48. The summed E-state index contributed by atoms with van der Waals surface area (Å²) in [5, 5.41) is 0.456. The number of aryl methyl sites for hydroxylation is 1. The van der Waals surface area contributed by atoms with Crippen LogP contribution in [0, 0.1) is 19.3 Å². The molecule has 0 radical (unpaired) electrons. The third kappa shape index (κ3) is 6.82. The number of carbonyl (C=O) groups is 2. The average Bonchev–Trinajstić information content (AvgIpc) is 2.92. The number of ether oxygens (including phenoxy) is 1. The number of hydrogen-bond acceptors (Lipinski definition) is 5. The molecule has 0 saturated carbocycles. The summed E-state index contributed by atoms with van der Waals surface area (Å²) in [6, 6.07) is 10.9. The molecule has 7 nitrogen and oxygen atoms in total. The third-order valence-corrected chi connectivity index (χ3v) is 9.21. The number of nitrogens with zero attached hydrogens (tertiary/aromatic N) is 3. The topological polar surface area (TPSA) is 88.8 Å². The summed E-state index contributed by atoms with van der Waals surface area (Å²) in [7, 11) is 0. The fourth-order valence-corrected chi connectivity index (χ4v) is 6.57. The lowest BCUT2D eigenvalue weighted by molar-refractivity contribution is -0.151. The summed E-state index contributed by atoms with van der Waals surface area (Å²) in [5.74, 6) is -0.196. The summed E-state index contributed by atoms with van der Waals surface area (Å²) in [4.78, 5) is 35.0. The molecule has 2 aliphatic heterocycles. The largest absolute Gasteiger partial charge is 0.381 e. The van der Waals surface area contributed by atoms with Crippen molar-refractivity contribution >= 4 is 23.4 Å².